The van der Waals surface area contributed by atoms with E-state index in [1.165, 1.54) is 0 Å². The van der Waals surface area contributed by atoms with Gasteiger partial charge in [-0.1, -0.05) is 0 Å². The van der Waals surface area contributed by atoms with Crippen LogP contribution >= 0.6 is 0 Å². The number of ether oxygens (including phenoxy) is 3. The Hall–Kier alpha value is -1.41. The molecule has 21 heavy (non-hydrogen) atoms. The predicted molar refractivity (Wildman–Crippen MR) is 70.3 cm³/mol. The van der Waals surface area contributed by atoms with Gasteiger partial charge in [0.05, 0.1) is 25.5 Å². The van der Waals surface area contributed by atoms with Gasteiger partial charge in [0.15, 0.2) is 12.4 Å². The van der Waals surface area contributed by atoms with Crippen LogP contribution in [0.25, 0.3) is 0 Å². The first-order valence-electron chi connectivity index (χ1n) is 7.11. The van der Waals surface area contributed by atoms with E-state index < -0.39 is 18.8 Å². The van der Waals surface area contributed by atoms with Gasteiger partial charge < -0.3 is 19.9 Å². The van der Waals surface area contributed by atoms with Crippen LogP contribution in [0.3, 0.4) is 0 Å². The first-order chi connectivity index (χ1) is 10.1. The standard InChI is InChI=1S/C13H19F2N3O3/c14-11(15)8-19-12-10(16)7-18(17-12)9-1-3-13(4-2-9)20-5-6-21-13/h7,9,11H,1-6,8,16H2. The maximum Gasteiger partial charge on any atom is 0.272 e. The average molecular weight is 303 g/mol. The molecule has 118 valence electrons. The Morgan fingerprint density at radius 1 is 1.38 bits per heavy atom. The van der Waals surface area contributed by atoms with Gasteiger partial charge in [-0.3, -0.25) is 4.68 Å². The summed E-state index contributed by atoms with van der Waals surface area (Å²) < 4.78 is 42.3. The second-order valence-corrected chi connectivity index (χ2v) is 5.41. The molecule has 1 aliphatic heterocycles. The normalized spacial score (nSPS) is 22.2. The van der Waals surface area contributed by atoms with E-state index in [-0.39, 0.29) is 17.6 Å². The van der Waals surface area contributed by atoms with Crippen LogP contribution in [0, 0.1) is 0 Å². The molecule has 2 N–H and O–H groups in total. The lowest BCUT2D eigenvalue weighted by atomic mass is 9.90. The van der Waals surface area contributed by atoms with Crippen LogP contribution in [0.15, 0.2) is 6.20 Å². The van der Waals surface area contributed by atoms with Gasteiger partial charge in [-0.15, -0.1) is 5.10 Å². The molecule has 0 radical (unpaired) electrons. The van der Waals surface area contributed by atoms with E-state index in [1.807, 2.05) is 0 Å². The van der Waals surface area contributed by atoms with Crippen molar-refractivity contribution in [1.82, 2.24) is 9.78 Å². The van der Waals surface area contributed by atoms with Crippen LogP contribution in [0.4, 0.5) is 14.5 Å². The highest BCUT2D eigenvalue weighted by molar-refractivity contribution is 5.46. The Labute approximate surface area is 121 Å². The highest BCUT2D eigenvalue weighted by atomic mass is 19.3. The molecule has 1 saturated heterocycles. The van der Waals surface area contributed by atoms with Crippen molar-refractivity contribution in [1.29, 1.82) is 0 Å². The van der Waals surface area contributed by atoms with Gasteiger partial charge in [0, 0.05) is 12.8 Å². The van der Waals surface area contributed by atoms with Crippen LogP contribution < -0.4 is 10.5 Å². The number of aromatic nitrogens is 2. The quantitative estimate of drug-likeness (QED) is 0.920. The second-order valence-electron chi connectivity index (χ2n) is 5.41. The topological polar surface area (TPSA) is 71.5 Å². The third-order valence-corrected chi connectivity index (χ3v) is 3.98. The SMILES string of the molecule is Nc1cn(C2CCC3(CC2)OCCO3)nc1OCC(F)F. The molecule has 0 atom stereocenters. The third kappa shape index (κ3) is 3.11. The van der Waals surface area contributed by atoms with E-state index in [2.05, 4.69) is 5.10 Å². The van der Waals surface area contributed by atoms with Crippen LogP contribution in [0.5, 0.6) is 5.88 Å². The minimum atomic E-state index is -2.54. The van der Waals surface area contributed by atoms with E-state index in [0.717, 1.165) is 25.7 Å². The molecule has 1 aliphatic carbocycles. The molecule has 3 rings (SSSR count). The van der Waals surface area contributed by atoms with Crippen molar-refractivity contribution < 1.29 is 23.0 Å². The number of nitrogens with two attached hydrogens (primary N) is 1. The minimum absolute atomic E-state index is 0.0731. The fourth-order valence-electron chi connectivity index (χ4n) is 2.92. The minimum Gasteiger partial charge on any atom is -0.469 e. The molecule has 2 heterocycles. The number of alkyl halides is 2. The van der Waals surface area contributed by atoms with Gasteiger partial charge in [0.25, 0.3) is 12.3 Å². The lowest BCUT2D eigenvalue weighted by molar-refractivity contribution is -0.181. The fraction of sp³-hybridized carbons (Fsp3) is 0.769. The van der Waals surface area contributed by atoms with Gasteiger partial charge in [-0.05, 0) is 12.8 Å². The Kier molecular flexibility index (Phi) is 3.99. The van der Waals surface area contributed by atoms with Gasteiger partial charge >= 0.3 is 0 Å². The Morgan fingerprint density at radius 2 is 2.05 bits per heavy atom. The van der Waals surface area contributed by atoms with Gasteiger partial charge in [0.2, 0.25) is 0 Å². The number of rotatable bonds is 4. The molecule has 2 fully saturated rings. The molecule has 0 amide bonds. The smallest absolute Gasteiger partial charge is 0.272 e. The first kappa shape index (κ1) is 14.5. The van der Waals surface area contributed by atoms with Crippen molar-refractivity contribution in [2.75, 3.05) is 25.6 Å². The number of halogens is 2. The third-order valence-electron chi connectivity index (χ3n) is 3.98. The Balaban J connectivity index is 1.61. The molecule has 6 nitrogen and oxygen atoms in total. The van der Waals surface area contributed by atoms with Crippen molar-refractivity contribution >= 4 is 5.69 Å². The predicted octanol–water partition coefficient (Wildman–Crippen LogP) is 1.97. The largest absolute Gasteiger partial charge is 0.469 e. The van der Waals surface area contributed by atoms with Crippen molar-refractivity contribution in [2.45, 2.75) is 43.9 Å². The first-order valence-corrected chi connectivity index (χ1v) is 7.11. The zero-order valence-electron chi connectivity index (χ0n) is 11.6. The molecule has 1 saturated carbocycles. The monoisotopic (exact) mass is 303 g/mol. The Morgan fingerprint density at radius 3 is 2.67 bits per heavy atom. The van der Waals surface area contributed by atoms with E-state index in [1.54, 1.807) is 10.9 Å². The summed E-state index contributed by atoms with van der Waals surface area (Å²) in [6.07, 6.45) is 2.38. The molecular formula is C13H19F2N3O3. The zero-order chi connectivity index (χ0) is 14.9. The summed E-state index contributed by atoms with van der Waals surface area (Å²) in [5, 5.41) is 4.17. The fourth-order valence-corrected chi connectivity index (χ4v) is 2.92. The van der Waals surface area contributed by atoms with E-state index in [4.69, 9.17) is 19.9 Å². The average Bonchev–Trinajstić information content (AvgIpc) is 3.05. The molecule has 0 bridgehead atoms. The summed E-state index contributed by atoms with van der Waals surface area (Å²) in [6.45, 7) is 0.590. The summed E-state index contributed by atoms with van der Waals surface area (Å²) in [5.41, 5.74) is 6.03. The van der Waals surface area contributed by atoms with E-state index in [9.17, 15) is 8.78 Å². The summed E-state index contributed by atoms with van der Waals surface area (Å²) in [6, 6.07) is 0.162. The van der Waals surface area contributed by atoms with E-state index in [0.29, 0.717) is 13.2 Å². The number of nitrogen functional groups attached to an aromatic ring is 1. The molecular weight excluding hydrogens is 284 g/mol. The molecule has 8 heteroatoms. The second kappa shape index (κ2) is 5.76. The highest BCUT2D eigenvalue weighted by Crippen LogP contribution is 2.40. The van der Waals surface area contributed by atoms with E-state index >= 15 is 0 Å². The summed E-state index contributed by atoms with van der Waals surface area (Å²) in [4.78, 5) is 0. The van der Waals surface area contributed by atoms with Crippen LogP contribution in [-0.4, -0.2) is 41.8 Å². The maximum atomic E-state index is 12.2. The number of hydrogen-bond donors (Lipinski definition) is 1. The highest BCUT2D eigenvalue weighted by Gasteiger charge is 2.41. The molecule has 0 unspecified atom stereocenters. The van der Waals surface area contributed by atoms with Crippen molar-refractivity contribution in [3.63, 3.8) is 0 Å². The van der Waals surface area contributed by atoms with Gasteiger partial charge in [0.1, 0.15) is 5.69 Å². The molecule has 1 spiro atoms. The van der Waals surface area contributed by atoms with Crippen molar-refractivity contribution in [3.8, 4) is 5.88 Å². The number of nitrogens with zero attached hydrogens (tertiary/aromatic N) is 2. The maximum absolute atomic E-state index is 12.2. The van der Waals surface area contributed by atoms with Gasteiger partial charge in [-0.2, -0.15) is 0 Å². The Bertz CT molecular complexity index is 479. The van der Waals surface area contributed by atoms with Crippen LogP contribution in [0.1, 0.15) is 31.7 Å². The number of hydrogen-bond acceptors (Lipinski definition) is 5. The molecule has 1 aromatic heterocycles. The molecule has 2 aliphatic rings. The summed E-state index contributed by atoms with van der Waals surface area (Å²) in [5.74, 6) is -0.353. The summed E-state index contributed by atoms with van der Waals surface area (Å²) >= 11 is 0. The molecule has 0 aromatic carbocycles. The lowest BCUT2D eigenvalue weighted by Gasteiger charge is -2.35. The van der Waals surface area contributed by atoms with Crippen molar-refractivity contribution in [3.05, 3.63) is 6.20 Å². The van der Waals surface area contributed by atoms with Gasteiger partial charge in [-0.25, -0.2) is 8.78 Å². The molecule has 1 aromatic rings. The van der Waals surface area contributed by atoms with Crippen LogP contribution in [0.2, 0.25) is 0 Å². The lowest BCUT2D eigenvalue weighted by Crippen LogP contribution is -2.35. The number of anilines is 1. The summed E-state index contributed by atoms with van der Waals surface area (Å²) in [7, 11) is 0. The zero-order valence-corrected chi connectivity index (χ0v) is 11.6. The van der Waals surface area contributed by atoms with Crippen LogP contribution in [-0.2, 0) is 9.47 Å². The van der Waals surface area contributed by atoms with Crippen molar-refractivity contribution in [2.24, 2.45) is 0 Å².